The fourth-order valence-electron chi connectivity index (χ4n) is 0.0702. The summed E-state index contributed by atoms with van der Waals surface area (Å²) in [6.45, 7) is 3.26. The van der Waals surface area contributed by atoms with Crippen LogP contribution in [-0.4, -0.2) is 11.5 Å². The van der Waals surface area contributed by atoms with Crippen molar-refractivity contribution in [3.8, 4) is 0 Å². The van der Waals surface area contributed by atoms with E-state index in [9.17, 15) is 0 Å². The van der Waals surface area contributed by atoms with E-state index in [1.807, 2.05) is 0 Å². The third kappa shape index (κ3) is 3.17. The Morgan fingerprint density at radius 3 is 2.67 bits per heavy atom. The minimum Gasteiger partial charge on any atom is -0.223 e. The molecule has 3 nitrogen and oxygen atoms in total. The SMILES string of the molecule is C=C/C=N\OO. The van der Waals surface area contributed by atoms with E-state index in [0.29, 0.717) is 0 Å². The molecule has 1 N–H and O–H groups in total. The predicted octanol–water partition coefficient (Wildman–Crippen LogP) is 0.648. The van der Waals surface area contributed by atoms with Crippen molar-refractivity contribution in [2.75, 3.05) is 0 Å². The van der Waals surface area contributed by atoms with Crippen molar-refractivity contribution in [3.05, 3.63) is 12.7 Å². The van der Waals surface area contributed by atoms with Crippen LogP contribution in [0.2, 0.25) is 0 Å². The Bertz CT molecular complexity index is 59.8. The lowest BCUT2D eigenvalue weighted by Crippen LogP contribution is -1.66. The largest absolute Gasteiger partial charge is 0.223 e. The average Bonchev–Trinajstić information content (AvgIpc) is 1.61. The van der Waals surface area contributed by atoms with E-state index in [0.717, 1.165) is 0 Å². The highest BCUT2D eigenvalue weighted by Gasteiger charge is 1.54. The summed E-state index contributed by atoms with van der Waals surface area (Å²) in [5.41, 5.74) is 0. The zero-order valence-electron chi connectivity index (χ0n) is 3.16. The highest BCUT2D eigenvalue weighted by atomic mass is 17.2. The van der Waals surface area contributed by atoms with Gasteiger partial charge in [-0.05, 0) is 6.08 Å². The Kier molecular flexibility index (Phi) is 3.59. The molecule has 0 aromatic rings. The molecular formula is C3H5NO2. The van der Waals surface area contributed by atoms with Crippen LogP contribution in [0.1, 0.15) is 0 Å². The van der Waals surface area contributed by atoms with Crippen molar-refractivity contribution in [1.82, 2.24) is 0 Å². The molecule has 0 spiro atoms. The number of rotatable bonds is 2. The fourth-order valence-corrected chi connectivity index (χ4v) is 0.0702. The average molecular weight is 87.1 g/mol. The van der Waals surface area contributed by atoms with Gasteiger partial charge in [0.1, 0.15) is 0 Å². The van der Waals surface area contributed by atoms with Gasteiger partial charge >= 0.3 is 0 Å². The number of hydrogen-bond donors (Lipinski definition) is 1. The van der Waals surface area contributed by atoms with Gasteiger partial charge < -0.3 is 0 Å². The topological polar surface area (TPSA) is 41.8 Å². The first-order valence-electron chi connectivity index (χ1n) is 1.36. The van der Waals surface area contributed by atoms with Gasteiger partial charge in [0, 0.05) is 0 Å². The van der Waals surface area contributed by atoms with E-state index in [-0.39, 0.29) is 0 Å². The molecule has 0 aliphatic rings. The highest BCUT2D eigenvalue weighted by Crippen LogP contribution is 1.60. The monoisotopic (exact) mass is 87.0 g/mol. The van der Waals surface area contributed by atoms with Crippen LogP contribution < -0.4 is 0 Å². The van der Waals surface area contributed by atoms with E-state index >= 15 is 0 Å². The van der Waals surface area contributed by atoms with Crippen LogP contribution in [0.25, 0.3) is 0 Å². The summed E-state index contributed by atoms with van der Waals surface area (Å²) in [6.07, 6.45) is 2.61. The third-order valence-electron chi connectivity index (χ3n) is 0.213. The second-order valence-corrected chi connectivity index (χ2v) is 0.572. The minimum absolute atomic E-state index is 1.22. The van der Waals surface area contributed by atoms with Crippen LogP contribution in [0.4, 0.5) is 0 Å². The Balaban J connectivity index is 2.94. The number of hydrogen-bond acceptors (Lipinski definition) is 3. The molecule has 0 aromatic carbocycles. The first-order chi connectivity index (χ1) is 2.91. The molecule has 0 atom stereocenters. The van der Waals surface area contributed by atoms with Gasteiger partial charge in [0.25, 0.3) is 0 Å². The molecule has 0 aliphatic heterocycles. The minimum atomic E-state index is 1.22. The summed E-state index contributed by atoms with van der Waals surface area (Å²) >= 11 is 0. The van der Waals surface area contributed by atoms with Gasteiger partial charge in [0.05, 0.1) is 6.21 Å². The van der Waals surface area contributed by atoms with E-state index in [1.54, 1.807) is 0 Å². The van der Waals surface area contributed by atoms with E-state index in [2.05, 4.69) is 16.7 Å². The van der Waals surface area contributed by atoms with Gasteiger partial charge in [0.2, 0.25) is 0 Å². The van der Waals surface area contributed by atoms with E-state index in [1.165, 1.54) is 12.3 Å². The molecular weight excluding hydrogens is 82.0 g/mol. The molecule has 0 rings (SSSR count). The maximum atomic E-state index is 7.45. The van der Waals surface area contributed by atoms with Crippen LogP contribution >= 0.6 is 0 Å². The van der Waals surface area contributed by atoms with Crippen LogP contribution in [0, 0.1) is 0 Å². The van der Waals surface area contributed by atoms with Crippen molar-refractivity contribution in [1.29, 1.82) is 0 Å². The normalized spacial score (nSPS) is 8.83. The van der Waals surface area contributed by atoms with Crippen LogP contribution in [0.15, 0.2) is 17.8 Å². The molecule has 0 saturated heterocycles. The molecule has 0 aliphatic carbocycles. The molecule has 0 unspecified atom stereocenters. The third-order valence-corrected chi connectivity index (χ3v) is 0.213. The summed E-state index contributed by atoms with van der Waals surface area (Å²) in [4.78, 5) is 3.28. The van der Waals surface area contributed by atoms with Gasteiger partial charge in [-0.25, -0.2) is 4.99 Å². The van der Waals surface area contributed by atoms with Crippen LogP contribution in [0.5, 0.6) is 0 Å². The zero-order chi connectivity index (χ0) is 4.83. The first kappa shape index (κ1) is 5.17. The second-order valence-electron chi connectivity index (χ2n) is 0.572. The van der Waals surface area contributed by atoms with Gasteiger partial charge in [0.15, 0.2) is 0 Å². The molecule has 0 amide bonds. The summed E-state index contributed by atoms with van der Waals surface area (Å²) in [5, 5.41) is 10.4. The molecule has 0 aromatic heterocycles. The molecule has 3 heteroatoms. The Morgan fingerprint density at radius 1 is 1.83 bits per heavy atom. The number of allylic oxidation sites excluding steroid dienone is 1. The second kappa shape index (κ2) is 4.17. The number of nitrogens with zero attached hydrogens (tertiary/aromatic N) is 1. The summed E-state index contributed by atoms with van der Waals surface area (Å²) in [6, 6.07) is 0. The van der Waals surface area contributed by atoms with Gasteiger partial charge in [-0.15, -0.1) is 0 Å². The van der Waals surface area contributed by atoms with E-state index in [4.69, 9.17) is 5.26 Å². The lowest BCUT2D eigenvalue weighted by Gasteiger charge is -1.72. The molecule has 0 bridgehead atoms. The summed E-state index contributed by atoms with van der Waals surface area (Å²) in [5.74, 6) is 0. The molecule has 0 radical (unpaired) electrons. The van der Waals surface area contributed by atoms with Crippen molar-refractivity contribution in [2.45, 2.75) is 0 Å². The Morgan fingerprint density at radius 2 is 2.50 bits per heavy atom. The van der Waals surface area contributed by atoms with Crippen molar-refractivity contribution in [3.63, 3.8) is 0 Å². The smallest absolute Gasteiger partial charge is 0.0696 e. The first-order valence-corrected chi connectivity index (χ1v) is 1.36. The molecule has 0 heterocycles. The van der Waals surface area contributed by atoms with Gasteiger partial charge in [-0.2, -0.15) is 5.26 Å². The summed E-state index contributed by atoms with van der Waals surface area (Å²) < 4.78 is 0. The van der Waals surface area contributed by atoms with Crippen LogP contribution in [-0.2, 0) is 4.99 Å². The molecule has 34 valence electrons. The molecule has 6 heavy (non-hydrogen) atoms. The quantitative estimate of drug-likeness (QED) is 0.305. The van der Waals surface area contributed by atoms with Crippen molar-refractivity contribution in [2.24, 2.45) is 5.16 Å². The highest BCUT2D eigenvalue weighted by molar-refractivity contribution is 5.69. The Hall–Kier alpha value is -0.830. The standard InChI is InChI=1S/C3H5NO2/c1-2-3-4-6-5/h2-3,5H,1H2/b4-3-. The van der Waals surface area contributed by atoms with Gasteiger partial charge in [-0.3, -0.25) is 0 Å². The zero-order valence-corrected chi connectivity index (χ0v) is 3.16. The summed E-state index contributed by atoms with van der Waals surface area (Å²) in [7, 11) is 0. The fraction of sp³-hybridized carbons (Fsp3) is 0. The maximum Gasteiger partial charge on any atom is 0.0696 e. The lowest BCUT2D eigenvalue weighted by atomic mass is 10.7. The van der Waals surface area contributed by atoms with Crippen LogP contribution in [0.3, 0.4) is 0 Å². The maximum absolute atomic E-state index is 7.45. The lowest BCUT2D eigenvalue weighted by molar-refractivity contribution is -0.242. The van der Waals surface area contributed by atoms with Gasteiger partial charge in [-0.1, -0.05) is 11.7 Å². The predicted molar refractivity (Wildman–Crippen MR) is 22.4 cm³/mol. The molecule has 0 saturated carbocycles. The number of oxime groups is 1. The van der Waals surface area contributed by atoms with Crippen molar-refractivity contribution < 1.29 is 10.2 Å². The molecule has 0 fully saturated rings. The van der Waals surface area contributed by atoms with E-state index < -0.39 is 0 Å². The van der Waals surface area contributed by atoms with Crippen molar-refractivity contribution >= 4 is 6.21 Å². The Labute approximate surface area is 35.5 Å².